The van der Waals surface area contributed by atoms with E-state index >= 15 is 0 Å². The molecule has 0 fully saturated rings. The maximum absolute atomic E-state index is 6.98. The van der Waals surface area contributed by atoms with Gasteiger partial charge in [0, 0.05) is 47.9 Å². The van der Waals surface area contributed by atoms with Crippen LogP contribution in [0, 0.1) is 0 Å². The normalized spacial score (nSPS) is 11.5. The lowest BCUT2D eigenvalue weighted by atomic mass is 9.94. The zero-order valence-electron chi connectivity index (χ0n) is 31.0. The smallest absolute Gasteiger partial charge is 0.159 e. The summed E-state index contributed by atoms with van der Waals surface area (Å²) >= 11 is 1.86. The highest BCUT2D eigenvalue weighted by Gasteiger charge is 2.21. The maximum atomic E-state index is 6.98. The van der Waals surface area contributed by atoms with E-state index in [1.54, 1.807) is 0 Å². The molecule has 268 valence electrons. The standard InChI is InChI=1S/C54H35NOS/c1-3-14-36(15-4-1)42-18-7-8-19-43(42)38-28-32-40(33-29-38)55(41-34-30-39(31-35-41)44-21-13-27-51-52(44)48-20-9-10-26-50(48)57-51)49-25-12-24-47-46-23-11-22-45(53(46)56-54(47)49)37-16-5-2-6-17-37/h1-35H. The lowest BCUT2D eigenvalue weighted by molar-refractivity contribution is 0.670. The molecule has 2 nitrogen and oxygen atoms in total. The van der Waals surface area contributed by atoms with E-state index in [4.69, 9.17) is 4.42 Å². The summed E-state index contributed by atoms with van der Waals surface area (Å²) in [4.78, 5) is 2.34. The van der Waals surface area contributed by atoms with Crippen LogP contribution in [0.5, 0.6) is 0 Å². The quantitative estimate of drug-likeness (QED) is 0.162. The molecule has 11 rings (SSSR count). The Morgan fingerprint density at radius 2 is 0.772 bits per heavy atom. The molecule has 0 spiro atoms. The van der Waals surface area contributed by atoms with Crippen LogP contribution in [0.15, 0.2) is 217 Å². The first-order valence-electron chi connectivity index (χ1n) is 19.3. The molecular formula is C54H35NOS. The number of furan rings is 1. The van der Waals surface area contributed by atoms with Gasteiger partial charge in [0.2, 0.25) is 0 Å². The van der Waals surface area contributed by atoms with Crippen molar-refractivity contribution in [1.29, 1.82) is 0 Å². The van der Waals surface area contributed by atoms with Crippen LogP contribution in [-0.4, -0.2) is 0 Å². The first kappa shape index (κ1) is 33.2. The first-order valence-corrected chi connectivity index (χ1v) is 20.2. The third-order valence-corrected chi connectivity index (χ3v) is 12.3. The molecule has 0 N–H and O–H groups in total. The van der Waals surface area contributed by atoms with Crippen molar-refractivity contribution in [2.45, 2.75) is 0 Å². The third kappa shape index (κ3) is 5.71. The summed E-state index contributed by atoms with van der Waals surface area (Å²) < 4.78 is 9.60. The number of para-hydroxylation sites is 2. The van der Waals surface area contributed by atoms with Crippen molar-refractivity contribution < 1.29 is 4.42 Å². The van der Waals surface area contributed by atoms with Crippen LogP contribution in [-0.2, 0) is 0 Å². The SMILES string of the molecule is c1ccc(-c2ccccc2-c2ccc(N(c3ccc(-c4cccc5sc6ccccc6c45)cc3)c3cccc4c3oc3c(-c5ccccc5)cccc34)cc2)cc1. The summed E-state index contributed by atoms with van der Waals surface area (Å²) in [6.45, 7) is 0. The molecule has 2 heterocycles. The van der Waals surface area contributed by atoms with E-state index in [9.17, 15) is 0 Å². The molecule has 0 unspecified atom stereocenters. The molecule has 0 aliphatic heterocycles. The van der Waals surface area contributed by atoms with Gasteiger partial charge in [-0.25, -0.2) is 0 Å². The molecule has 0 amide bonds. The summed E-state index contributed by atoms with van der Waals surface area (Å²) in [5.74, 6) is 0. The molecule has 0 saturated carbocycles. The summed E-state index contributed by atoms with van der Waals surface area (Å²) in [6.07, 6.45) is 0. The number of hydrogen-bond acceptors (Lipinski definition) is 3. The number of benzene rings is 9. The average Bonchev–Trinajstić information content (AvgIpc) is 3.87. The van der Waals surface area contributed by atoms with Crippen molar-refractivity contribution in [2.24, 2.45) is 0 Å². The minimum absolute atomic E-state index is 0.855. The molecule has 0 atom stereocenters. The molecule has 9 aromatic carbocycles. The lowest BCUT2D eigenvalue weighted by Crippen LogP contribution is -2.10. The van der Waals surface area contributed by atoms with E-state index in [0.717, 1.165) is 50.1 Å². The van der Waals surface area contributed by atoms with Crippen LogP contribution in [0.4, 0.5) is 17.1 Å². The van der Waals surface area contributed by atoms with Gasteiger partial charge in [-0.15, -0.1) is 11.3 Å². The van der Waals surface area contributed by atoms with Crippen molar-refractivity contribution in [3.63, 3.8) is 0 Å². The number of hydrogen-bond donors (Lipinski definition) is 0. The largest absolute Gasteiger partial charge is 0.453 e. The molecule has 2 aromatic heterocycles. The second kappa shape index (κ2) is 13.8. The summed E-state index contributed by atoms with van der Waals surface area (Å²) in [7, 11) is 0. The maximum Gasteiger partial charge on any atom is 0.159 e. The summed E-state index contributed by atoms with van der Waals surface area (Å²) in [5.41, 5.74) is 14.3. The van der Waals surface area contributed by atoms with Crippen LogP contribution in [0.1, 0.15) is 0 Å². The van der Waals surface area contributed by atoms with Crippen LogP contribution in [0.3, 0.4) is 0 Å². The highest BCUT2D eigenvalue weighted by atomic mass is 32.1. The van der Waals surface area contributed by atoms with Gasteiger partial charge in [-0.05, 0) is 81.4 Å². The highest BCUT2D eigenvalue weighted by molar-refractivity contribution is 7.25. The Morgan fingerprint density at radius 1 is 0.316 bits per heavy atom. The number of fused-ring (bicyclic) bond motifs is 6. The second-order valence-electron chi connectivity index (χ2n) is 14.4. The minimum atomic E-state index is 0.855. The van der Waals surface area contributed by atoms with Crippen LogP contribution < -0.4 is 4.90 Å². The fraction of sp³-hybridized carbons (Fsp3) is 0. The predicted molar refractivity (Wildman–Crippen MR) is 243 cm³/mol. The zero-order chi connectivity index (χ0) is 37.7. The Morgan fingerprint density at radius 3 is 1.46 bits per heavy atom. The van der Waals surface area contributed by atoms with E-state index < -0.39 is 0 Å². The molecule has 0 aliphatic rings. The minimum Gasteiger partial charge on any atom is -0.453 e. The van der Waals surface area contributed by atoms with Crippen LogP contribution in [0.25, 0.3) is 86.6 Å². The van der Waals surface area contributed by atoms with Crippen LogP contribution >= 0.6 is 11.3 Å². The fourth-order valence-corrected chi connectivity index (χ4v) is 9.59. The van der Waals surface area contributed by atoms with Gasteiger partial charge in [0.25, 0.3) is 0 Å². The van der Waals surface area contributed by atoms with Crippen molar-refractivity contribution >= 4 is 70.5 Å². The Hall–Kier alpha value is -7.20. The number of anilines is 3. The van der Waals surface area contributed by atoms with Gasteiger partial charge in [-0.2, -0.15) is 0 Å². The monoisotopic (exact) mass is 745 g/mol. The van der Waals surface area contributed by atoms with E-state index in [-0.39, 0.29) is 0 Å². The molecule has 0 aliphatic carbocycles. The number of thiophene rings is 1. The Balaban J connectivity index is 1.07. The molecule has 0 bridgehead atoms. The van der Waals surface area contributed by atoms with Crippen molar-refractivity contribution in [2.75, 3.05) is 4.90 Å². The van der Waals surface area contributed by atoms with Gasteiger partial charge in [0.1, 0.15) is 5.58 Å². The van der Waals surface area contributed by atoms with Gasteiger partial charge in [-0.1, -0.05) is 170 Å². The third-order valence-electron chi connectivity index (χ3n) is 11.1. The van der Waals surface area contributed by atoms with Crippen molar-refractivity contribution in [3.05, 3.63) is 212 Å². The van der Waals surface area contributed by atoms with Crippen molar-refractivity contribution in [3.8, 4) is 44.5 Å². The fourth-order valence-electron chi connectivity index (χ4n) is 8.45. The molecule has 3 heteroatoms. The van der Waals surface area contributed by atoms with Gasteiger partial charge >= 0.3 is 0 Å². The second-order valence-corrected chi connectivity index (χ2v) is 15.5. The molecule has 57 heavy (non-hydrogen) atoms. The van der Waals surface area contributed by atoms with E-state index in [0.29, 0.717) is 0 Å². The molecule has 0 saturated heterocycles. The number of nitrogens with zero attached hydrogens (tertiary/aromatic N) is 1. The molecule has 0 radical (unpaired) electrons. The molecular weight excluding hydrogens is 711 g/mol. The predicted octanol–water partition coefficient (Wildman–Crippen LogP) is 16.1. The Labute approximate surface area is 335 Å². The van der Waals surface area contributed by atoms with Crippen molar-refractivity contribution in [1.82, 2.24) is 0 Å². The van der Waals surface area contributed by atoms with E-state index in [2.05, 4.69) is 217 Å². The first-order chi connectivity index (χ1) is 28.3. The average molecular weight is 746 g/mol. The summed E-state index contributed by atoms with van der Waals surface area (Å²) in [6, 6.07) is 76.1. The molecule has 11 aromatic rings. The topological polar surface area (TPSA) is 16.4 Å². The van der Waals surface area contributed by atoms with Gasteiger partial charge in [-0.3, -0.25) is 0 Å². The highest BCUT2D eigenvalue weighted by Crippen LogP contribution is 2.46. The number of rotatable bonds is 7. The van der Waals surface area contributed by atoms with Gasteiger partial charge < -0.3 is 9.32 Å². The van der Waals surface area contributed by atoms with E-state index in [1.165, 1.54) is 53.6 Å². The Kier molecular flexibility index (Phi) is 8.04. The zero-order valence-corrected chi connectivity index (χ0v) is 31.8. The van der Waals surface area contributed by atoms with E-state index in [1.807, 2.05) is 11.3 Å². The summed E-state index contributed by atoms with van der Waals surface area (Å²) in [5, 5.41) is 4.81. The van der Waals surface area contributed by atoms with Gasteiger partial charge in [0.15, 0.2) is 5.58 Å². The van der Waals surface area contributed by atoms with Gasteiger partial charge in [0.05, 0.1) is 5.69 Å². The lowest BCUT2D eigenvalue weighted by Gasteiger charge is -2.26. The van der Waals surface area contributed by atoms with Crippen LogP contribution in [0.2, 0.25) is 0 Å². The Bertz CT molecular complexity index is 3210.